The highest BCUT2D eigenvalue weighted by Gasteiger charge is 2.52. The summed E-state index contributed by atoms with van der Waals surface area (Å²) in [4.78, 5) is 11.3. The van der Waals surface area contributed by atoms with Crippen molar-refractivity contribution in [3.05, 3.63) is 40.1 Å². The summed E-state index contributed by atoms with van der Waals surface area (Å²) in [6.07, 6.45) is 1.73. The molecule has 1 heterocycles. The van der Waals surface area contributed by atoms with Crippen LogP contribution in [0.25, 0.3) is 6.08 Å². The molecule has 1 aliphatic rings. The van der Waals surface area contributed by atoms with E-state index < -0.39 is 24.1 Å². The van der Waals surface area contributed by atoms with Gasteiger partial charge in [0, 0.05) is 18.5 Å². The molecule has 1 aromatic rings. The molecule has 130 valence electrons. The molecular weight excluding hydrogens is 331 g/mol. The Morgan fingerprint density at radius 2 is 1.83 bits per heavy atom. The summed E-state index contributed by atoms with van der Waals surface area (Å²) in [5.41, 5.74) is 0.250. The lowest BCUT2D eigenvalue weighted by Gasteiger charge is -2.32. The Balaban J connectivity index is 2.35. The number of nitrogens with one attached hydrogen (secondary N) is 1. The summed E-state index contributed by atoms with van der Waals surface area (Å²) in [5.74, 6) is -0.601. The highest BCUT2D eigenvalue weighted by molar-refractivity contribution is 6.56. The lowest BCUT2D eigenvalue weighted by Crippen LogP contribution is -2.41. The van der Waals surface area contributed by atoms with Gasteiger partial charge in [-0.3, -0.25) is 4.79 Å². The van der Waals surface area contributed by atoms with Gasteiger partial charge in [-0.15, -0.1) is 0 Å². The summed E-state index contributed by atoms with van der Waals surface area (Å²) in [6, 6.07) is 4.25. The molecule has 1 aromatic carbocycles. The van der Waals surface area contributed by atoms with Gasteiger partial charge in [-0.25, -0.2) is 4.39 Å². The van der Waals surface area contributed by atoms with Crippen LogP contribution in [-0.4, -0.2) is 30.8 Å². The number of hydrogen-bond donors (Lipinski definition) is 1. The summed E-state index contributed by atoms with van der Waals surface area (Å²) in [5, 5.41) is 3.03. The number of hydrogen-bond acceptors (Lipinski definition) is 3. The van der Waals surface area contributed by atoms with Gasteiger partial charge in [0.1, 0.15) is 5.82 Å². The van der Waals surface area contributed by atoms with Crippen molar-refractivity contribution in [3.8, 4) is 0 Å². The molecule has 0 bridgehead atoms. The summed E-state index contributed by atoms with van der Waals surface area (Å²) in [6.45, 7) is 9.45. The molecule has 1 amide bonds. The zero-order valence-electron chi connectivity index (χ0n) is 14.6. The lowest BCUT2D eigenvalue weighted by molar-refractivity contribution is -0.118. The van der Waals surface area contributed by atoms with E-state index in [-0.39, 0.29) is 12.5 Å². The first-order valence-electron chi connectivity index (χ1n) is 7.77. The minimum absolute atomic E-state index is 0.172. The number of rotatable bonds is 4. The summed E-state index contributed by atoms with van der Waals surface area (Å²) >= 11 is 5.91. The maximum atomic E-state index is 13.6. The minimum Gasteiger partial charge on any atom is -0.400 e. The van der Waals surface area contributed by atoms with E-state index in [9.17, 15) is 9.18 Å². The molecule has 1 aliphatic heterocycles. The quantitative estimate of drug-likeness (QED) is 0.841. The van der Waals surface area contributed by atoms with Crippen molar-refractivity contribution in [1.29, 1.82) is 0 Å². The third-order valence-corrected chi connectivity index (χ3v) is 4.55. The Hall–Kier alpha value is -1.37. The van der Waals surface area contributed by atoms with Gasteiger partial charge in [0.05, 0.1) is 11.2 Å². The Labute approximate surface area is 147 Å². The van der Waals surface area contributed by atoms with Gasteiger partial charge in [-0.2, -0.15) is 0 Å². The van der Waals surface area contributed by atoms with Crippen LogP contribution in [0.15, 0.2) is 23.7 Å². The van der Waals surface area contributed by atoms with Gasteiger partial charge in [-0.05, 0) is 56.9 Å². The maximum absolute atomic E-state index is 13.6. The van der Waals surface area contributed by atoms with Crippen LogP contribution in [0.5, 0.6) is 0 Å². The third kappa shape index (κ3) is 4.38. The number of amides is 1. The molecule has 1 saturated heterocycles. The van der Waals surface area contributed by atoms with Gasteiger partial charge in [0.15, 0.2) is 0 Å². The van der Waals surface area contributed by atoms with Crippen LogP contribution in [0.4, 0.5) is 4.39 Å². The molecule has 2 rings (SSSR count). The van der Waals surface area contributed by atoms with Gasteiger partial charge >= 0.3 is 7.12 Å². The fourth-order valence-corrected chi connectivity index (χ4v) is 2.53. The molecule has 4 nitrogen and oxygen atoms in total. The fourth-order valence-electron chi connectivity index (χ4n) is 2.30. The van der Waals surface area contributed by atoms with E-state index >= 15 is 0 Å². The van der Waals surface area contributed by atoms with Crippen LogP contribution in [0.1, 0.15) is 40.2 Å². The first-order valence-corrected chi connectivity index (χ1v) is 8.14. The molecule has 0 spiro atoms. The summed E-state index contributed by atoms with van der Waals surface area (Å²) in [7, 11) is -0.635. The lowest BCUT2D eigenvalue weighted by atomic mass is 9.77. The average molecular weight is 354 g/mol. The standard InChI is InChI=1S/C17H22BClFNO3/c1-11(22)21-10-13(6-12-7-14(19)9-15(20)8-12)18-23-16(2,3)17(4,5)24-18/h6-9H,10H2,1-5H3,(H,21,22). The van der Waals surface area contributed by atoms with E-state index in [0.717, 1.165) is 0 Å². The molecule has 1 fully saturated rings. The monoisotopic (exact) mass is 353 g/mol. The molecule has 0 aromatic heterocycles. The van der Waals surface area contributed by atoms with Crippen molar-refractivity contribution in [1.82, 2.24) is 5.32 Å². The molecule has 0 saturated carbocycles. The number of carbonyl (C=O) groups excluding carboxylic acids is 1. The normalized spacial score (nSPS) is 19.5. The van der Waals surface area contributed by atoms with E-state index in [4.69, 9.17) is 20.9 Å². The molecular formula is C17H22BClFNO3. The van der Waals surface area contributed by atoms with E-state index in [2.05, 4.69) is 5.32 Å². The Kier molecular flexibility index (Phi) is 5.42. The van der Waals surface area contributed by atoms with Crippen molar-refractivity contribution in [2.24, 2.45) is 0 Å². The highest BCUT2D eigenvalue weighted by atomic mass is 35.5. The first-order chi connectivity index (χ1) is 11.0. The van der Waals surface area contributed by atoms with E-state index in [1.807, 2.05) is 27.7 Å². The number of halogens is 2. The highest BCUT2D eigenvalue weighted by Crippen LogP contribution is 2.38. The molecule has 0 unspecified atom stereocenters. The molecule has 24 heavy (non-hydrogen) atoms. The van der Waals surface area contributed by atoms with Gasteiger partial charge < -0.3 is 14.6 Å². The maximum Gasteiger partial charge on any atom is 0.492 e. The van der Waals surface area contributed by atoms with Crippen LogP contribution >= 0.6 is 11.6 Å². The fraction of sp³-hybridized carbons (Fsp3) is 0.471. The second-order valence-electron chi connectivity index (χ2n) is 6.92. The van der Waals surface area contributed by atoms with E-state index in [0.29, 0.717) is 16.1 Å². The Bertz CT molecular complexity index is 640. The molecule has 7 heteroatoms. The zero-order valence-corrected chi connectivity index (χ0v) is 15.3. The number of benzene rings is 1. The van der Waals surface area contributed by atoms with Gasteiger partial charge in [0.2, 0.25) is 5.91 Å². The van der Waals surface area contributed by atoms with Crippen molar-refractivity contribution < 1.29 is 18.5 Å². The largest absolute Gasteiger partial charge is 0.492 e. The Morgan fingerprint density at radius 3 is 2.33 bits per heavy atom. The van der Waals surface area contributed by atoms with Gasteiger partial charge in [-0.1, -0.05) is 17.7 Å². The van der Waals surface area contributed by atoms with Crippen LogP contribution in [-0.2, 0) is 14.1 Å². The summed E-state index contributed by atoms with van der Waals surface area (Å²) < 4.78 is 25.6. The van der Waals surface area contributed by atoms with Gasteiger partial charge in [0.25, 0.3) is 0 Å². The predicted octanol–water partition coefficient (Wildman–Crippen LogP) is 3.63. The smallest absolute Gasteiger partial charge is 0.400 e. The van der Waals surface area contributed by atoms with Crippen LogP contribution < -0.4 is 5.32 Å². The van der Waals surface area contributed by atoms with E-state index in [1.54, 1.807) is 12.1 Å². The van der Waals surface area contributed by atoms with Crippen molar-refractivity contribution in [2.75, 3.05) is 6.54 Å². The minimum atomic E-state index is -0.635. The second-order valence-corrected chi connectivity index (χ2v) is 7.36. The zero-order chi connectivity index (χ0) is 18.1. The topological polar surface area (TPSA) is 47.6 Å². The average Bonchev–Trinajstić information content (AvgIpc) is 2.62. The van der Waals surface area contributed by atoms with E-state index in [1.165, 1.54) is 19.1 Å². The molecule has 0 radical (unpaired) electrons. The first kappa shape index (κ1) is 19.0. The molecule has 1 N–H and O–H groups in total. The van der Waals surface area contributed by atoms with Crippen molar-refractivity contribution in [2.45, 2.75) is 45.8 Å². The second kappa shape index (κ2) is 6.86. The molecule has 0 aliphatic carbocycles. The van der Waals surface area contributed by atoms with Crippen LogP contribution in [0.3, 0.4) is 0 Å². The van der Waals surface area contributed by atoms with Crippen LogP contribution in [0, 0.1) is 5.82 Å². The Morgan fingerprint density at radius 1 is 1.25 bits per heavy atom. The SMILES string of the molecule is CC(=O)NCC(=Cc1cc(F)cc(Cl)c1)B1OC(C)(C)C(C)(C)O1. The molecule has 0 atom stereocenters. The number of carbonyl (C=O) groups is 1. The van der Waals surface area contributed by atoms with Crippen molar-refractivity contribution in [3.63, 3.8) is 0 Å². The van der Waals surface area contributed by atoms with Crippen molar-refractivity contribution >= 4 is 30.7 Å². The van der Waals surface area contributed by atoms with Crippen LogP contribution in [0.2, 0.25) is 5.02 Å². The third-order valence-electron chi connectivity index (χ3n) is 4.33. The predicted molar refractivity (Wildman–Crippen MR) is 94.2 cm³/mol.